The smallest absolute Gasteiger partial charge is 0.254 e. The molecule has 2 saturated heterocycles. The molecule has 2 bridgehead atoms. The van der Waals surface area contributed by atoms with E-state index in [4.69, 9.17) is 0 Å². The lowest BCUT2D eigenvalue weighted by Gasteiger charge is -2.28. The molecule has 2 atom stereocenters. The molecule has 2 aliphatic heterocycles. The summed E-state index contributed by atoms with van der Waals surface area (Å²) in [5, 5.41) is 5.78. The van der Waals surface area contributed by atoms with Gasteiger partial charge in [-0.3, -0.25) is 4.79 Å². The van der Waals surface area contributed by atoms with Crippen molar-refractivity contribution in [1.82, 2.24) is 10.2 Å². The lowest BCUT2D eigenvalue weighted by Crippen LogP contribution is -2.42. The quantitative estimate of drug-likeness (QED) is 0.876. The van der Waals surface area contributed by atoms with Crippen LogP contribution < -0.4 is 5.32 Å². The first-order valence-electron chi connectivity index (χ1n) is 7.85. The average Bonchev–Trinajstić information content (AvgIpc) is 2.79. The number of carbonyl (C=O) groups excluding carboxylic acids is 1. The van der Waals surface area contributed by atoms with E-state index in [1.165, 1.54) is 5.39 Å². The second-order valence-electron chi connectivity index (χ2n) is 6.15. The Labute approximate surface area is 137 Å². The van der Waals surface area contributed by atoms with Gasteiger partial charge in [0.25, 0.3) is 5.91 Å². The normalized spacial score (nSPS) is 23.9. The van der Waals surface area contributed by atoms with Gasteiger partial charge < -0.3 is 10.2 Å². The number of nitrogens with one attached hydrogen (secondary N) is 1. The van der Waals surface area contributed by atoms with Crippen LogP contribution in [0, 0.1) is 0 Å². The van der Waals surface area contributed by atoms with E-state index in [-0.39, 0.29) is 18.3 Å². The number of nitrogens with zero attached hydrogens (tertiary/aromatic N) is 1. The van der Waals surface area contributed by atoms with Gasteiger partial charge in [-0.15, -0.1) is 12.4 Å². The highest BCUT2D eigenvalue weighted by Crippen LogP contribution is 2.30. The number of amides is 1. The Kier molecular flexibility index (Phi) is 4.37. The van der Waals surface area contributed by atoms with Gasteiger partial charge in [-0.2, -0.15) is 0 Å². The fourth-order valence-corrected chi connectivity index (χ4v) is 3.79. The summed E-state index contributed by atoms with van der Waals surface area (Å²) < 4.78 is 0. The van der Waals surface area contributed by atoms with Crippen LogP contribution in [0.5, 0.6) is 0 Å². The summed E-state index contributed by atoms with van der Waals surface area (Å²) in [6.45, 7) is 1.97. The number of halogens is 1. The van der Waals surface area contributed by atoms with Gasteiger partial charge in [-0.1, -0.05) is 30.3 Å². The van der Waals surface area contributed by atoms with E-state index in [0.29, 0.717) is 12.1 Å². The Morgan fingerprint density at radius 3 is 2.64 bits per heavy atom. The molecule has 2 unspecified atom stereocenters. The molecule has 2 aromatic rings. The van der Waals surface area contributed by atoms with Crippen molar-refractivity contribution in [2.75, 3.05) is 13.1 Å². The Hall–Kier alpha value is -1.58. The van der Waals surface area contributed by atoms with Crippen LogP contribution in [0.25, 0.3) is 10.8 Å². The highest BCUT2D eigenvalue weighted by Gasteiger charge is 2.38. The Bertz CT molecular complexity index is 674. The van der Waals surface area contributed by atoms with Crippen LogP contribution in [0.15, 0.2) is 42.5 Å². The number of carbonyl (C=O) groups is 1. The maximum Gasteiger partial charge on any atom is 0.254 e. The molecule has 22 heavy (non-hydrogen) atoms. The van der Waals surface area contributed by atoms with Gasteiger partial charge in [0.1, 0.15) is 0 Å². The monoisotopic (exact) mass is 316 g/mol. The minimum atomic E-state index is 0. The molecule has 2 aliphatic rings. The molecule has 2 fully saturated rings. The molecular weight excluding hydrogens is 296 g/mol. The molecule has 0 radical (unpaired) electrons. The molecule has 1 N–H and O–H groups in total. The van der Waals surface area contributed by atoms with Crippen molar-refractivity contribution < 1.29 is 4.79 Å². The highest BCUT2D eigenvalue weighted by atomic mass is 35.5. The molecule has 0 aromatic heterocycles. The number of rotatable bonds is 1. The van der Waals surface area contributed by atoms with Crippen molar-refractivity contribution in [2.24, 2.45) is 0 Å². The van der Waals surface area contributed by atoms with Crippen molar-refractivity contribution in [3.05, 3.63) is 48.0 Å². The van der Waals surface area contributed by atoms with Gasteiger partial charge in [-0.05, 0) is 48.7 Å². The predicted molar refractivity (Wildman–Crippen MR) is 91.7 cm³/mol. The number of hydrogen-bond acceptors (Lipinski definition) is 2. The van der Waals surface area contributed by atoms with Crippen LogP contribution >= 0.6 is 12.4 Å². The molecule has 2 heterocycles. The molecule has 4 rings (SSSR count). The summed E-state index contributed by atoms with van der Waals surface area (Å²) in [7, 11) is 0. The largest absolute Gasteiger partial charge is 0.331 e. The van der Waals surface area contributed by atoms with E-state index in [0.717, 1.165) is 43.3 Å². The zero-order valence-electron chi connectivity index (χ0n) is 12.5. The lowest BCUT2D eigenvalue weighted by atomic mass is 10.1. The minimum Gasteiger partial charge on any atom is -0.331 e. The van der Waals surface area contributed by atoms with E-state index < -0.39 is 0 Å². The zero-order valence-corrected chi connectivity index (χ0v) is 13.3. The Morgan fingerprint density at radius 1 is 1.00 bits per heavy atom. The van der Waals surface area contributed by atoms with Gasteiger partial charge in [0, 0.05) is 24.2 Å². The van der Waals surface area contributed by atoms with Crippen LogP contribution in [-0.2, 0) is 0 Å². The predicted octanol–water partition coefficient (Wildman–Crippen LogP) is 3.23. The molecule has 0 aliphatic carbocycles. The van der Waals surface area contributed by atoms with Crippen molar-refractivity contribution in [1.29, 1.82) is 0 Å². The highest BCUT2D eigenvalue weighted by molar-refractivity contribution is 5.99. The van der Waals surface area contributed by atoms with Crippen molar-refractivity contribution in [3.63, 3.8) is 0 Å². The summed E-state index contributed by atoms with van der Waals surface area (Å²) in [5.41, 5.74) is 0.826. The number of fused-ring (bicyclic) bond motifs is 3. The van der Waals surface area contributed by atoms with Crippen molar-refractivity contribution in [3.8, 4) is 0 Å². The second kappa shape index (κ2) is 6.27. The van der Waals surface area contributed by atoms with Crippen LogP contribution in [0.1, 0.15) is 29.6 Å². The molecular formula is C18H21ClN2O. The summed E-state index contributed by atoms with van der Waals surface area (Å²) >= 11 is 0. The minimum absolute atomic E-state index is 0. The molecule has 4 heteroatoms. The van der Waals surface area contributed by atoms with Gasteiger partial charge in [0.2, 0.25) is 0 Å². The first kappa shape index (κ1) is 15.3. The fourth-order valence-electron chi connectivity index (χ4n) is 3.79. The molecule has 0 saturated carbocycles. The third kappa shape index (κ3) is 2.59. The van der Waals surface area contributed by atoms with E-state index in [9.17, 15) is 4.79 Å². The summed E-state index contributed by atoms with van der Waals surface area (Å²) in [4.78, 5) is 15.1. The van der Waals surface area contributed by atoms with E-state index in [2.05, 4.69) is 28.4 Å². The van der Waals surface area contributed by atoms with Crippen molar-refractivity contribution >= 4 is 29.1 Å². The first-order chi connectivity index (χ1) is 10.3. The van der Waals surface area contributed by atoms with Crippen LogP contribution in [-0.4, -0.2) is 36.0 Å². The molecule has 1 amide bonds. The Morgan fingerprint density at radius 2 is 1.77 bits per heavy atom. The zero-order chi connectivity index (χ0) is 14.2. The fraction of sp³-hybridized carbons (Fsp3) is 0.389. The summed E-state index contributed by atoms with van der Waals surface area (Å²) in [5.74, 6) is 0.206. The third-order valence-electron chi connectivity index (χ3n) is 4.89. The van der Waals surface area contributed by atoms with Crippen LogP contribution in [0.4, 0.5) is 0 Å². The van der Waals surface area contributed by atoms with E-state index in [1.807, 2.05) is 24.3 Å². The summed E-state index contributed by atoms with van der Waals surface area (Å²) in [6, 6.07) is 15.1. The van der Waals surface area contributed by atoms with Gasteiger partial charge in [-0.25, -0.2) is 0 Å². The first-order valence-corrected chi connectivity index (χ1v) is 7.85. The molecule has 2 aromatic carbocycles. The Balaban J connectivity index is 0.00000144. The van der Waals surface area contributed by atoms with Crippen LogP contribution in [0.2, 0.25) is 0 Å². The average molecular weight is 317 g/mol. The lowest BCUT2D eigenvalue weighted by molar-refractivity contribution is 0.0680. The molecule has 3 nitrogen and oxygen atoms in total. The van der Waals surface area contributed by atoms with Gasteiger partial charge in [0.05, 0.1) is 0 Å². The maximum absolute atomic E-state index is 13.0. The second-order valence-corrected chi connectivity index (χ2v) is 6.15. The molecule has 116 valence electrons. The van der Waals surface area contributed by atoms with Gasteiger partial charge >= 0.3 is 0 Å². The SMILES string of the molecule is Cl.O=C(c1ccc2ccccc2c1)N1C2CCNCC1CC2. The summed E-state index contributed by atoms with van der Waals surface area (Å²) in [6.07, 6.45) is 3.37. The molecule has 0 spiro atoms. The van der Waals surface area contributed by atoms with E-state index >= 15 is 0 Å². The topological polar surface area (TPSA) is 32.3 Å². The standard InChI is InChI=1S/C18H20N2O.ClH/c21-18(20-16-7-8-17(20)12-19-10-9-16)15-6-5-13-3-1-2-4-14(13)11-15;/h1-6,11,16-17,19H,7-10,12H2;1H. The third-order valence-corrected chi connectivity index (χ3v) is 4.89. The van der Waals surface area contributed by atoms with Gasteiger partial charge in [0.15, 0.2) is 0 Å². The number of benzene rings is 2. The van der Waals surface area contributed by atoms with E-state index in [1.54, 1.807) is 0 Å². The van der Waals surface area contributed by atoms with Crippen molar-refractivity contribution in [2.45, 2.75) is 31.3 Å². The maximum atomic E-state index is 13.0. The van der Waals surface area contributed by atoms with Crippen LogP contribution in [0.3, 0.4) is 0 Å². The number of hydrogen-bond donors (Lipinski definition) is 1.